The summed E-state index contributed by atoms with van der Waals surface area (Å²) in [4.78, 5) is 15.5. The minimum Gasteiger partial charge on any atom is -0.332 e. The Kier molecular flexibility index (Phi) is 4.63. The van der Waals surface area contributed by atoms with E-state index in [9.17, 15) is 4.79 Å². The molecule has 1 aliphatic rings. The molecule has 82 valence electrons. The maximum atomic E-state index is 11.1. The molecule has 0 N–H and O–H groups in total. The standard InChI is InChI=1S/C10H19IN2O/c1-8(2)9(3)12-4-6-13(7-5-12)10(11)14/h8-9H,4-7H2,1-3H3/t9-/m1/s1. The van der Waals surface area contributed by atoms with Gasteiger partial charge in [0.15, 0.2) is 0 Å². The summed E-state index contributed by atoms with van der Waals surface area (Å²) in [5.74, 6) is 0.692. The Morgan fingerprint density at radius 2 is 1.64 bits per heavy atom. The first-order valence-electron chi connectivity index (χ1n) is 5.21. The largest absolute Gasteiger partial charge is 0.332 e. The fraction of sp³-hybridized carbons (Fsp3) is 0.900. The Bertz CT molecular complexity index is 200. The number of carbonyl (C=O) groups excluding carboxylic acids is 1. The van der Waals surface area contributed by atoms with Crippen LogP contribution in [0.25, 0.3) is 0 Å². The SMILES string of the molecule is CC(C)[C@@H](C)N1CCN(C(=O)I)CC1. The maximum absolute atomic E-state index is 11.1. The van der Waals surface area contributed by atoms with E-state index >= 15 is 0 Å². The number of carbonyl (C=O) groups is 1. The highest BCUT2D eigenvalue weighted by Crippen LogP contribution is 2.14. The molecule has 1 saturated heterocycles. The van der Waals surface area contributed by atoms with E-state index in [0.717, 1.165) is 26.2 Å². The van der Waals surface area contributed by atoms with Gasteiger partial charge in [0.2, 0.25) is 0 Å². The molecule has 1 rings (SSSR count). The monoisotopic (exact) mass is 310 g/mol. The van der Waals surface area contributed by atoms with Crippen LogP contribution in [0.15, 0.2) is 0 Å². The molecule has 0 saturated carbocycles. The lowest BCUT2D eigenvalue weighted by Crippen LogP contribution is -2.51. The van der Waals surface area contributed by atoms with Crippen LogP contribution in [0, 0.1) is 5.92 Å². The van der Waals surface area contributed by atoms with E-state index in [2.05, 4.69) is 25.7 Å². The number of nitrogens with zero attached hydrogens (tertiary/aromatic N) is 2. The van der Waals surface area contributed by atoms with Crippen LogP contribution in [-0.4, -0.2) is 45.9 Å². The highest BCUT2D eigenvalue weighted by molar-refractivity contribution is 14.1. The van der Waals surface area contributed by atoms with Crippen molar-refractivity contribution in [2.45, 2.75) is 26.8 Å². The van der Waals surface area contributed by atoms with E-state index < -0.39 is 0 Å². The zero-order chi connectivity index (χ0) is 10.7. The Labute approximate surface area is 100.0 Å². The fourth-order valence-corrected chi connectivity index (χ4v) is 2.21. The molecule has 1 aliphatic heterocycles. The lowest BCUT2D eigenvalue weighted by Gasteiger charge is -2.38. The number of halogens is 1. The molecule has 0 radical (unpaired) electrons. The molecular formula is C10H19IN2O. The van der Waals surface area contributed by atoms with Crippen LogP contribution in [0.5, 0.6) is 0 Å². The van der Waals surface area contributed by atoms with Crippen molar-refractivity contribution in [1.29, 1.82) is 0 Å². The van der Waals surface area contributed by atoms with E-state index in [0.29, 0.717) is 12.0 Å². The highest BCUT2D eigenvalue weighted by atomic mass is 127. The normalized spacial score (nSPS) is 21.4. The van der Waals surface area contributed by atoms with Gasteiger partial charge in [0, 0.05) is 54.8 Å². The van der Waals surface area contributed by atoms with Crippen LogP contribution >= 0.6 is 22.6 Å². The first kappa shape index (κ1) is 12.2. The van der Waals surface area contributed by atoms with Gasteiger partial charge in [-0.25, -0.2) is 0 Å². The third-order valence-corrected chi connectivity index (χ3v) is 3.79. The molecule has 1 atom stereocenters. The third-order valence-electron chi connectivity index (χ3n) is 3.10. The topological polar surface area (TPSA) is 23.6 Å². The van der Waals surface area contributed by atoms with Gasteiger partial charge in [0.05, 0.1) is 0 Å². The van der Waals surface area contributed by atoms with E-state index in [1.54, 1.807) is 0 Å². The Balaban J connectivity index is 2.39. The van der Waals surface area contributed by atoms with Crippen molar-refractivity contribution < 1.29 is 4.79 Å². The summed E-state index contributed by atoms with van der Waals surface area (Å²) in [6, 6.07) is 0.626. The molecule has 0 aromatic rings. The van der Waals surface area contributed by atoms with Gasteiger partial charge >= 0.3 is 0 Å². The summed E-state index contributed by atoms with van der Waals surface area (Å²) >= 11 is 1.87. The highest BCUT2D eigenvalue weighted by Gasteiger charge is 2.23. The van der Waals surface area contributed by atoms with Gasteiger partial charge in [0.1, 0.15) is 0 Å². The zero-order valence-electron chi connectivity index (χ0n) is 9.16. The molecule has 0 bridgehead atoms. The van der Waals surface area contributed by atoms with Crippen LogP contribution in [-0.2, 0) is 0 Å². The van der Waals surface area contributed by atoms with E-state index in [-0.39, 0.29) is 3.91 Å². The molecule has 0 aromatic heterocycles. The Hall–Kier alpha value is 0.160. The molecular weight excluding hydrogens is 291 g/mol. The second-order valence-corrected chi connectivity index (χ2v) is 5.18. The minimum atomic E-state index is 0.180. The first-order chi connectivity index (χ1) is 6.52. The second-order valence-electron chi connectivity index (χ2n) is 4.26. The number of rotatable bonds is 2. The molecule has 14 heavy (non-hydrogen) atoms. The average molecular weight is 310 g/mol. The van der Waals surface area contributed by atoms with Crippen molar-refractivity contribution in [2.24, 2.45) is 5.92 Å². The lowest BCUT2D eigenvalue weighted by atomic mass is 10.0. The first-order valence-corrected chi connectivity index (χ1v) is 6.28. The molecule has 1 fully saturated rings. The van der Waals surface area contributed by atoms with Crippen LogP contribution in [0.3, 0.4) is 0 Å². The van der Waals surface area contributed by atoms with Gasteiger partial charge < -0.3 is 4.90 Å². The molecule has 4 heteroatoms. The van der Waals surface area contributed by atoms with Crippen LogP contribution in [0.4, 0.5) is 4.79 Å². The van der Waals surface area contributed by atoms with Crippen LogP contribution in [0.1, 0.15) is 20.8 Å². The predicted molar refractivity (Wildman–Crippen MR) is 66.9 cm³/mol. The number of piperazine rings is 1. The van der Waals surface area contributed by atoms with Gasteiger partial charge in [-0.2, -0.15) is 0 Å². The summed E-state index contributed by atoms with van der Waals surface area (Å²) < 4.78 is 0.180. The Morgan fingerprint density at radius 1 is 1.14 bits per heavy atom. The van der Waals surface area contributed by atoms with Crippen molar-refractivity contribution in [1.82, 2.24) is 9.80 Å². The second kappa shape index (κ2) is 5.30. The van der Waals surface area contributed by atoms with Gasteiger partial charge in [-0.1, -0.05) is 13.8 Å². The molecule has 0 aliphatic carbocycles. The fourth-order valence-electron chi connectivity index (χ4n) is 1.73. The third kappa shape index (κ3) is 3.08. The number of hydrogen-bond donors (Lipinski definition) is 0. The summed E-state index contributed by atoms with van der Waals surface area (Å²) in [5, 5.41) is 0. The minimum absolute atomic E-state index is 0.180. The zero-order valence-corrected chi connectivity index (χ0v) is 11.3. The van der Waals surface area contributed by atoms with Crippen molar-refractivity contribution in [3.63, 3.8) is 0 Å². The summed E-state index contributed by atoms with van der Waals surface area (Å²) in [5.41, 5.74) is 0. The van der Waals surface area contributed by atoms with E-state index in [1.807, 2.05) is 27.5 Å². The molecule has 0 unspecified atom stereocenters. The molecule has 0 spiro atoms. The van der Waals surface area contributed by atoms with Gasteiger partial charge in [-0.15, -0.1) is 0 Å². The van der Waals surface area contributed by atoms with Crippen LogP contribution < -0.4 is 0 Å². The van der Waals surface area contributed by atoms with E-state index in [1.165, 1.54) is 0 Å². The Morgan fingerprint density at radius 3 is 2.00 bits per heavy atom. The smallest absolute Gasteiger partial charge is 0.283 e. The lowest BCUT2D eigenvalue weighted by molar-refractivity contribution is 0.104. The van der Waals surface area contributed by atoms with Crippen molar-refractivity contribution in [3.8, 4) is 0 Å². The molecule has 1 amide bonds. The summed E-state index contributed by atoms with van der Waals surface area (Å²) in [6.07, 6.45) is 0. The van der Waals surface area contributed by atoms with E-state index in [4.69, 9.17) is 0 Å². The summed E-state index contributed by atoms with van der Waals surface area (Å²) in [7, 11) is 0. The quantitative estimate of drug-likeness (QED) is 0.443. The van der Waals surface area contributed by atoms with Crippen LogP contribution in [0.2, 0.25) is 0 Å². The van der Waals surface area contributed by atoms with Gasteiger partial charge in [-0.05, 0) is 12.8 Å². The van der Waals surface area contributed by atoms with Crippen molar-refractivity contribution in [3.05, 3.63) is 0 Å². The average Bonchev–Trinajstić information content (AvgIpc) is 2.16. The maximum Gasteiger partial charge on any atom is 0.283 e. The number of hydrogen-bond acceptors (Lipinski definition) is 2. The molecule has 3 nitrogen and oxygen atoms in total. The molecule has 0 aromatic carbocycles. The molecule has 1 heterocycles. The number of amides is 1. The summed E-state index contributed by atoms with van der Waals surface area (Å²) in [6.45, 7) is 10.6. The van der Waals surface area contributed by atoms with Gasteiger partial charge in [-0.3, -0.25) is 9.69 Å². The van der Waals surface area contributed by atoms with Crippen molar-refractivity contribution in [2.75, 3.05) is 26.2 Å². The van der Waals surface area contributed by atoms with Gasteiger partial charge in [0.25, 0.3) is 3.91 Å². The predicted octanol–water partition coefficient (Wildman–Crippen LogP) is 2.20. The van der Waals surface area contributed by atoms with Crippen molar-refractivity contribution >= 4 is 26.5 Å².